The minimum atomic E-state index is -0.0706. The first-order valence-corrected chi connectivity index (χ1v) is 19.6. The number of nitrogens with zero attached hydrogens (tertiary/aromatic N) is 2. The lowest BCUT2D eigenvalue weighted by Crippen LogP contribution is -2.41. The van der Waals surface area contributed by atoms with E-state index in [9.17, 15) is 0 Å². The number of hydrogen-bond donors (Lipinski definition) is 0. The number of benzene rings is 2. The van der Waals surface area contributed by atoms with Crippen molar-refractivity contribution in [3.8, 4) is 0 Å². The van der Waals surface area contributed by atoms with Crippen molar-refractivity contribution in [2.75, 3.05) is 26.2 Å². The van der Waals surface area contributed by atoms with Gasteiger partial charge in [-0.15, -0.1) is 0 Å². The van der Waals surface area contributed by atoms with Gasteiger partial charge in [-0.25, -0.2) is 0 Å². The molecule has 248 valence electrons. The fraction of sp³-hybridized carbons (Fsp3) is 0.590. The number of thioether (sulfide) groups is 2. The predicted octanol–water partition coefficient (Wildman–Crippen LogP) is 11.4. The third-order valence-corrected chi connectivity index (χ3v) is 13.6. The first kappa shape index (κ1) is 38.1. The van der Waals surface area contributed by atoms with Crippen LogP contribution in [0.25, 0.3) is 6.08 Å². The first-order valence-electron chi connectivity index (χ1n) is 17.1. The number of hydrogen-bond acceptors (Lipinski definition) is 4. The summed E-state index contributed by atoms with van der Waals surface area (Å²) in [5.41, 5.74) is 5.60. The zero-order valence-electron chi connectivity index (χ0n) is 29.3. The normalized spacial score (nSPS) is 22.8. The summed E-state index contributed by atoms with van der Waals surface area (Å²) in [5, 5.41) is 0. The SMILES string of the molecule is C=Cc1ccc(CC(C)(CCC)CC2c3ccc(cc3)CC(C)(SC(=S)N(CC)CC)CCC2(C)SC(=S)N(CC)CC)cc1. The van der Waals surface area contributed by atoms with Gasteiger partial charge in [0.2, 0.25) is 0 Å². The molecule has 45 heavy (non-hydrogen) atoms. The highest BCUT2D eigenvalue weighted by Crippen LogP contribution is 2.53. The molecule has 0 N–H and O–H groups in total. The highest BCUT2D eigenvalue weighted by Gasteiger charge is 2.44. The van der Waals surface area contributed by atoms with Crippen LogP contribution in [-0.4, -0.2) is 54.1 Å². The van der Waals surface area contributed by atoms with Crippen molar-refractivity contribution in [1.29, 1.82) is 0 Å². The summed E-state index contributed by atoms with van der Waals surface area (Å²) in [6.45, 7) is 26.4. The molecule has 0 fully saturated rings. The zero-order chi connectivity index (χ0) is 33.3. The summed E-state index contributed by atoms with van der Waals surface area (Å²) in [6.07, 6.45) is 9.67. The summed E-state index contributed by atoms with van der Waals surface area (Å²) in [6, 6.07) is 18.7. The number of rotatable bonds is 13. The van der Waals surface area contributed by atoms with Crippen molar-refractivity contribution in [3.05, 3.63) is 77.4 Å². The molecule has 4 rings (SSSR count). The molecule has 0 heterocycles. The minimum absolute atomic E-state index is 0.00133. The van der Waals surface area contributed by atoms with E-state index >= 15 is 0 Å². The third-order valence-electron chi connectivity index (χ3n) is 9.94. The van der Waals surface area contributed by atoms with Crippen molar-refractivity contribution >= 4 is 62.7 Å². The van der Waals surface area contributed by atoms with E-state index in [0.29, 0.717) is 5.92 Å². The topological polar surface area (TPSA) is 6.48 Å². The minimum Gasteiger partial charge on any atom is -0.358 e. The van der Waals surface area contributed by atoms with Crippen molar-refractivity contribution < 1.29 is 0 Å². The summed E-state index contributed by atoms with van der Waals surface area (Å²) in [7, 11) is 0. The average molecular weight is 683 g/mol. The van der Waals surface area contributed by atoms with E-state index in [4.69, 9.17) is 24.4 Å². The number of thiocarbonyl (C=S) groups is 2. The fourth-order valence-electron chi connectivity index (χ4n) is 7.10. The van der Waals surface area contributed by atoms with Crippen molar-refractivity contribution in [3.63, 3.8) is 0 Å². The van der Waals surface area contributed by atoms with Crippen molar-refractivity contribution in [2.45, 2.75) is 116 Å². The van der Waals surface area contributed by atoms with Gasteiger partial charge in [0.1, 0.15) is 8.64 Å². The maximum absolute atomic E-state index is 6.22. The molecular weight excluding hydrogens is 625 g/mol. The van der Waals surface area contributed by atoms with Gasteiger partial charge in [-0.05, 0) is 114 Å². The van der Waals surface area contributed by atoms with Crippen LogP contribution in [0.15, 0.2) is 55.1 Å². The van der Waals surface area contributed by atoms with Gasteiger partial charge >= 0.3 is 0 Å². The molecule has 0 radical (unpaired) electrons. The second-order valence-corrected chi connectivity index (χ2v) is 18.1. The lowest BCUT2D eigenvalue weighted by Gasteiger charge is -2.46. The second-order valence-electron chi connectivity index (χ2n) is 13.7. The quantitative estimate of drug-likeness (QED) is 0.193. The Labute approximate surface area is 295 Å². The Balaban J connectivity index is 2.09. The molecule has 0 aromatic heterocycles. The van der Waals surface area contributed by atoms with E-state index in [2.05, 4.69) is 120 Å². The monoisotopic (exact) mass is 682 g/mol. The van der Waals surface area contributed by atoms with Crippen LogP contribution in [0.5, 0.6) is 0 Å². The molecule has 2 aliphatic rings. The Hall–Kier alpha value is -1.34. The van der Waals surface area contributed by atoms with Gasteiger partial charge in [0.05, 0.1) is 0 Å². The molecule has 0 saturated carbocycles. The molecule has 2 aromatic rings. The highest BCUT2D eigenvalue weighted by atomic mass is 32.2. The van der Waals surface area contributed by atoms with E-state index < -0.39 is 0 Å². The highest BCUT2D eigenvalue weighted by molar-refractivity contribution is 8.24. The van der Waals surface area contributed by atoms with E-state index in [0.717, 1.165) is 66.9 Å². The summed E-state index contributed by atoms with van der Waals surface area (Å²) in [4.78, 5) is 4.69. The molecule has 2 aromatic carbocycles. The smallest absolute Gasteiger partial charge is 0.136 e. The Morgan fingerprint density at radius 2 is 1.42 bits per heavy atom. The molecule has 6 heteroatoms. The molecule has 4 atom stereocenters. The fourth-order valence-corrected chi connectivity index (χ4v) is 11.4. The molecule has 2 bridgehead atoms. The first-order chi connectivity index (χ1) is 21.4. The van der Waals surface area contributed by atoms with Gasteiger partial charge < -0.3 is 9.80 Å². The van der Waals surface area contributed by atoms with Crippen LogP contribution in [0, 0.1) is 5.41 Å². The van der Waals surface area contributed by atoms with E-state index in [1.807, 2.05) is 29.6 Å². The van der Waals surface area contributed by atoms with Crippen LogP contribution in [0.2, 0.25) is 0 Å². The van der Waals surface area contributed by atoms with Crippen LogP contribution >= 0.6 is 48.0 Å². The Morgan fingerprint density at radius 3 is 1.93 bits per heavy atom. The Bertz CT molecular complexity index is 1250. The zero-order valence-corrected chi connectivity index (χ0v) is 32.6. The second kappa shape index (κ2) is 17.2. The van der Waals surface area contributed by atoms with Crippen LogP contribution in [-0.2, 0) is 12.8 Å². The van der Waals surface area contributed by atoms with Gasteiger partial charge in [-0.3, -0.25) is 0 Å². The molecular formula is C39H58N2S4. The van der Waals surface area contributed by atoms with Crippen LogP contribution < -0.4 is 0 Å². The maximum Gasteiger partial charge on any atom is 0.136 e. The largest absolute Gasteiger partial charge is 0.358 e. The molecule has 0 spiro atoms. The van der Waals surface area contributed by atoms with Gasteiger partial charge in [0, 0.05) is 35.7 Å². The van der Waals surface area contributed by atoms with Gasteiger partial charge in [-0.1, -0.05) is 129 Å². The molecule has 0 saturated heterocycles. The summed E-state index contributed by atoms with van der Waals surface area (Å²) < 4.78 is 1.99. The standard InChI is InChI=1S/C39H58N2S4/c1-10-24-37(7,27-31-18-16-30(11-2)17-19-31)29-34-33-22-20-32(21-23-33)28-38(8,44-35(42)40(12-3)13-4)25-26-39(34,9)45-36(43)41(14-5)15-6/h11,16-23,34H,2,10,12-15,24-29H2,1,3-9H3. The van der Waals surface area contributed by atoms with Crippen molar-refractivity contribution in [2.24, 2.45) is 5.41 Å². The molecule has 2 nitrogen and oxygen atoms in total. The van der Waals surface area contributed by atoms with Crippen LogP contribution in [0.1, 0.15) is 116 Å². The average Bonchev–Trinajstić information content (AvgIpc) is 3.01. The lowest BCUT2D eigenvalue weighted by molar-refractivity contribution is 0.223. The van der Waals surface area contributed by atoms with Gasteiger partial charge in [0.15, 0.2) is 0 Å². The van der Waals surface area contributed by atoms with E-state index in [-0.39, 0.29) is 14.9 Å². The maximum atomic E-state index is 6.22. The summed E-state index contributed by atoms with van der Waals surface area (Å²) >= 11 is 16.1. The third kappa shape index (κ3) is 10.3. The van der Waals surface area contributed by atoms with Gasteiger partial charge in [-0.2, -0.15) is 0 Å². The number of fused-ring (bicyclic) bond motifs is 7. The molecule has 0 aliphatic heterocycles. The van der Waals surface area contributed by atoms with Crippen LogP contribution in [0.4, 0.5) is 0 Å². The Kier molecular flexibility index (Phi) is 14.5. The van der Waals surface area contributed by atoms with Crippen LogP contribution in [0.3, 0.4) is 0 Å². The predicted molar refractivity (Wildman–Crippen MR) is 213 cm³/mol. The van der Waals surface area contributed by atoms with Gasteiger partial charge in [0.25, 0.3) is 0 Å². The molecule has 0 amide bonds. The lowest BCUT2D eigenvalue weighted by atomic mass is 9.67. The van der Waals surface area contributed by atoms with E-state index in [1.54, 1.807) is 0 Å². The Morgan fingerprint density at radius 1 is 0.867 bits per heavy atom. The molecule has 4 unspecified atom stereocenters. The van der Waals surface area contributed by atoms with Crippen molar-refractivity contribution in [1.82, 2.24) is 9.80 Å². The molecule has 2 aliphatic carbocycles. The van der Waals surface area contributed by atoms with E-state index in [1.165, 1.54) is 35.1 Å². The summed E-state index contributed by atoms with van der Waals surface area (Å²) in [5.74, 6) is 0.358.